The Hall–Kier alpha value is -1.13. The second-order valence-corrected chi connectivity index (χ2v) is 5.40. The number of aryl methyl sites for hydroxylation is 1. The fraction of sp³-hybridized carbons (Fsp3) is 0.333. The van der Waals surface area contributed by atoms with Gasteiger partial charge in [-0.05, 0) is 25.5 Å². The molecule has 3 nitrogen and oxygen atoms in total. The first-order chi connectivity index (χ1) is 7.49. The molecule has 0 spiro atoms. The van der Waals surface area contributed by atoms with Crippen LogP contribution in [0.3, 0.4) is 0 Å². The SMILES string of the molecule is C=C[C@H](CC)NS(=O)(=O)c1ccc(C)cc1. The normalized spacial score (nSPS) is 13.4. The van der Waals surface area contributed by atoms with Gasteiger partial charge in [0.1, 0.15) is 0 Å². The lowest BCUT2D eigenvalue weighted by molar-refractivity contribution is 0.568. The van der Waals surface area contributed by atoms with E-state index in [0.717, 1.165) is 5.56 Å². The number of hydrogen-bond donors (Lipinski definition) is 1. The molecule has 0 fully saturated rings. The maximum absolute atomic E-state index is 11.9. The molecule has 1 atom stereocenters. The van der Waals surface area contributed by atoms with Gasteiger partial charge in [-0.2, -0.15) is 0 Å². The van der Waals surface area contributed by atoms with Crippen molar-refractivity contribution in [1.29, 1.82) is 0 Å². The lowest BCUT2D eigenvalue weighted by Gasteiger charge is -2.12. The number of benzene rings is 1. The summed E-state index contributed by atoms with van der Waals surface area (Å²) in [5.41, 5.74) is 1.04. The molecule has 0 aliphatic heterocycles. The van der Waals surface area contributed by atoms with Gasteiger partial charge >= 0.3 is 0 Å². The van der Waals surface area contributed by atoms with Gasteiger partial charge in [0.15, 0.2) is 0 Å². The molecule has 0 unspecified atom stereocenters. The maximum atomic E-state index is 11.9. The van der Waals surface area contributed by atoms with E-state index >= 15 is 0 Å². The molecule has 0 saturated heterocycles. The van der Waals surface area contributed by atoms with E-state index < -0.39 is 10.0 Å². The molecular formula is C12H17NO2S. The first-order valence-corrected chi connectivity index (χ1v) is 6.69. The second kappa shape index (κ2) is 5.27. The zero-order valence-electron chi connectivity index (χ0n) is 9.60. The monoisotopic (exact) mass is 239 g/mol. The Labute approximate surface area is 97.2 Å². The van der Waals surface area contributed by atoms with Gasteiger partial charge < -0.3 is 0 Å². The average molecular weight is 239 g/mol. The topological polar surface area (TPSA) is 46.2 Å². The summed E-state index contributed by atoms with van der Waals surface area (Å²) in [4.78, 5) is 0.290. The molecule has 0 radical (unpaired) electrons. The minimum Gasteiger partial charge on any atom is -0.207 e. The fourth-order valence-electron chi connectivity index (χ4n) is 1.28. The Morgan fingerprint density at radius 3 is 2.38 bits per heavy atom. The summed E-state index contributed by atoms with van der Waals surface area (Å²) >= 11 is 0. The molecule has 1 rings (SSSR count). The van der Waals surface area contributed by atoms with Gasteiger partial charge in [0.2, 0.25) is 10.0 Å². The summed E-state index contributed by atoms with van der Waals surface area (Å²) in [6, 6.07) is 6.56. The molecule has 0 aliphatic rings. The smallest absolute Gasteiger partial charge is 0.207 e. The fourth-order valence-corrected chi connectivity index (χ4v) is 2.57. The Morgan fingerprint density at radius 1 is 1.38 bits per heavy atom. The van der Waals surface area contributed by atoms with E-state index in [0.29, 0.717) is 11.3 Å². The van der Waals surface area contributed by atoms with E-state index in [1.54, 1.807) is 30.3 Å². The highest BCUT2D eigenvalue weighted by atomic mass is 32.2. The predicted molar refractivity (Wildman–Crippen MR) is 65.8 cm³/mol. The lowest BCUT2D eigenvalue weighted by atomic mass is 10.2. The van der Waals surface area contributed by atoms with Crippen LogP contribution in [0.15, 0.2) is 41.8 Å². The minimum atomic E-state index is -3.42. The van der Waals surface area contributed by atoms with Crippen molar-refractivity contribution in [3.63, 3.8) is 0 Å². The van der Waals surface area contributed by atoms with Crippen molar-refractivity contribution in [2.75, 3.05) is 0 Å². The van der Waals surface area contributed by atoms with Gasteiger partial charge in [0.25, 0.3) is 0 Å². The van der Waals surface area contributed by atoms with Crippen LogP contribution in [0.1, 0.15) is 18.9 Å². The molecule has 88 valence electrons. The lowest BCUT2D eigenvalue weighted by Crippen LogP contribution is -2.32. The summed E-state index contributed by atoms with van der Waals surface area (Å²) in [6.07, 6.45) is 2.29. The third-order valence-corrected chi connectivity index (χ3v) is 3.87. The van der Waals surface area contributed by atoms with Crippen molar-refractivity contribution in [2.45, 2.75) is 31.2 Å². The van der Waals surface area contributed by atoms with Crippen LogP contribution >= 0.6 is 0 Å². The highest BCUT2D eigenvalue weighted by Crippen LogP contribution is 2.11. The van der Waals surface area contributed by atoms with Crippen molar-refractivity contribution < 1.29 is 8.42 Å². The van der Waals surface area contributed by atoms with E-state index in [1.165, 1.54) is 0 Å². The summed E-state index contributed by atoms with van der Waals surface area (Å²) in [5.74, 6) is 0. The van der Waals surface area contributed by atoms with Crippen LogP contribution in [0.2, 0.25) is 0 Å². The third kappa shape index (κ3) is 3.18. The molecule has 0 amide bonds. The molecule has 0 bridgehead atoms. The van der Waals surface area contributed by atoms with Gasteiger partial charge in [0.05, 0.1) is 4.90 Å². The van der Waals surface area contributed by atoms with E-state index in [2.05, 4.69) is 11.3 Å². The Morgan fingerprint density at radius 2 is 1.94 bits per heavy atom. The number of hydrogen-bond acceptors (Lipinski definition) is 2. The zero-order valence-corrected chi connectivity index (χ0v) is 10.4. The average Bonchev–Trinajstić information content (AvgIpc) is 2.26. The summed E-state index contributed by atoms with van der Waals surface area (Å²) in [6.45, 7) is 7.42. The van der Waals surface area contributed by atoms with E-state index in [4.69, 9.17) is 0 Å². The quantitative estimate of drug-likeness (QED) is 0.801. The van der Waals surface area contributed by atoms with Gasteiger partial charge in [-0.25, -0.2) is 13.1 Å². The Kier molecular flexibility index (Phi) is 4.26. The Bertz CT molecular complexity index is 448. The third-order valence-electron chi connectivity index (χ3n) is 2.36. The molecule has 4 heteroatoms. The highest BCUT2D eigenvalue weighted by Gasteiger charge is 2.16. The second-order valence-electron chi connectivity index (χ2n) is 3.68. The van der Waals surface area contributed by atoms with Crippen LogP contribution in [0, 0.1) is 6.92 Å². The zero-order chi connectivity index (χ0) is 12.2. The summed E-state index contributed by atoms with van der Waals surface area (Å²) < 4.78 is 26.4. The number of nitrogens with one attached hydrogen (secondary N) is 1. The van der Waals surface area contributed by atoms with Crippen LogP contribution in [-0.4, -0.2) is 14.5 Å². The van der Waals surface area contributed by atoms with Crippen molar-refractivity contribution in [3.05, 3.63) is 42.5 Å². The molecule has 0 aromatic heterocycles. The molecule has 1 aromatic rings. The van der Waals surface area contributed by atoms with E-state index in [-0.39, 0.29) is 6.04 Å². The van der Waals surface area contributed by atoms with Gasteiger partial charge in [-0.1, -0.05) is 30.7 Å². The van der Waals surface area contributed by atoms with Gasteiger partial charge in [0, 0.05) is 6.04 Å². The van der Waals surface area contributed by atoms with Crippen LogP contribution in [0.4, 0.5) is 0 Å². The molecule has 0 saturated carbocycles. The van der Waals surface area contributed by atoms with Gasteiger partial charge in [-0.3, -0.25) is 0 Å². The molecule has 1 aromatic carbocycles. The van der Waals surface area contributed by atoms with Crippen molar-refractivity contribution in [2.24, 2.45) is 0 Å². The first-order valence-electron chi connectivity index (χ1n) is 5.21. The van der Waals surface area contributed by atoms with Crippen LogP contribution < -0.4 is 4.72 Å². The number of sulfonamides is 1. The van der Waals surface area contributed by atoms with E-state index in [1.807, 2.05) is 13.8 Å². The summed E-state index contributed by atoms with van der Waals surface area (Å²) in [7, 11) is -3.42. The van der Waals surface area contributed by atoms with Crippen LogP contribution in [0.25, 0.3) is 0 Å². The summed E-state index contributed by atoms with van der Waals surface area (Å²) in [5, 5.41) is 0. The molecular weight excluding hydrogens is 222 g/mol. The predicted octanol–water partition coefficient (Wildman–Crippen LogP) is 2.24. The highest BCUT2D eigenvalue weighted by molar-refractivity contribution is 7.89. The largest absolute Gasteiger partial charge is 0.241 e. The van der Waals surface area contributed by atoms with Crippen LogP contribution in [-0.2, 0) is 10.0 Å². The molecule has 16 heavy (non-hydrogen) atoms. The van der Waals surface area contributed by atoms with Crippen molar-refractivity contribution in [1.82, 2.24) is 4.72 Å². The maximum Gasteiger partial charge on any atom is 0.241 e. The van der Waals surface area contributed by atoms with E-state index in [9.17, 15) is 8.42 Å². The van der Waals surface area contributed by atoms with Gasteiger partial charge in [-0.15, -0.1) is 6.58 Å². The molecule has 0 aliphatic carbocycles. The first kappa shape index (κ1) is 12.9. The Balaban J connectivity index is 2.94. The molecule has 0 heterocycles. The molecule has 1 N–H and O–H groups in total. The number of rotatable bonds is 5. The van der Waals surface area contributed by atoms with Crippen molar-refractivity contribution in [3.8, 4) is 0 Å². The van der Waals surface area contributed by atoms with Crippen LogP contribution in [0.5, 0.6) is 0 Å². The minimum absolute atomic E-state index is 0.216. The van der Waals surface area contributed by atoms with Crippen molar-refractivity contribution >= 4 is 10.0 Å². The standard InChI is InChI=1S/C12H17NO2S/c1-4-11(5-2)13-16(14,15)12-8-6-10(3)7-9-12/h4,6-9,11,13H,1,5H2,2-3H3/t11-/m1/s1.